The molecule has 2 heteroatoms. The molecule has 2 heterocycles. The zero-order valence-electron chi connectivity index (χ0n) is 14.9. The van der Waals surface area contributed by atoms with Crippen molar-refractivity contribution in [3.63, 3.8) is 0 Å². The van der Waals surface area contributed by atoms with Gasteiger partial charge < -0.3 is 4.42 Å². The number of aryl methyl sites for hydroxylation is 1. The molecule has 0 atom stereocenters. The average molecular weight is 314 g/mol. The normalized spacial score (nSPS) is 15.1. The Morgan fingerprint density at radius 2 is 1.62 bits per heavy atom. The number of benzene rings is 2. The summed E-state index contributed by atoms with van der Waals surface area (Å²) in [6.45, 7) is 9.36. The highest BCUT2D eigenvalue weighted by Gasteiger charge is 2.43. The summed E-state index contributed by atoms with van der Waals surface area (Å²) in [6.07, 6.45) is 1.08. The molecule has 1 aliphatic heterocycles. The molecule has 1 aromatic heterocycles. The molecule has 0 amide bonds. The molecule has 0 saturated heterocycles. The monoisotopic (exact) mass is 314 g/mol. The van der Waals surface area contributed by atoms with Crippen molar-refractivity contribution < 1.29 is 4.42 Å². The molecule has 0 unspecified atom stereocenters. The molecule has 0 bridgehead atoms. The van der Waals surface area contributed by atoms with Crippen LogP contribution in [0.3, 0.4) is 0 Å². The van der Waals surface area contributed by atoms with Crippen LogP contribution in [0.15, 0.2) is 59.0 Å². The number of furan rings is 1. The molecule has 4 rings (SSSR count). The van der Waals surface area contributed by atoms with E-state index in [1.54, 1.807) is 0 Å². The average Bonchev–Trinajstić information content (AvgIpc) is 2.94. The minimum Gasteiger partial charge on any atom is -0.465 e. The molecular weight excluding hydrogens is 291 g/mol. The second-order valence-electron chi connectivity index (χ2n) is 7.32. The summed E-state index contributed by atoms with van der Waals surface area (Å²) in [5, 5.41) is 0. The van der Waals surface area contributed by atoms with Gasteiger partial charge in [0.05, 0.1) is 0 Å². The van der Waals surface area contributed by atoms with Crippen LogP contribution >= 0.6 is 0 Å². The lowest BCUT2D eigenvalue weighted by atomic mass is 9.33. The first-order valence-corrected chi connectivity index (χ1v) is 8.84. The van der Waals surface area contributed by atoms with Gasteiger partial charge in [-0.05, 0) is 37.4 Å². The van der Waals surface area contributed by atoms with E-state index in [1.165, 1.54) is 27.6 Å². The lowest BCUT2D eigenvalue weighted by Crippen LogP contribution is -2.53. The fourth-order valence-electron chi connectivity index (χ4n) is 4.39. The van der Waals surface area contributed by atoms with E-state index in [2.05, 4.69) is 82.3 Å². The van der Waals surface area contributed by atoms with Crippen molar-refractivity contribution in [2.24, 2.45) is 0 Å². The summed E-state index contributed by atoms with van der Waals surface area (Å²) in [5.74, 6) is 2.18. The van der Waals surface area contributed by atoms with E-state index in [-0.39, 0.29) is 5.41 Å². The Morgan fingerprint density at radius 1 is 0.958 bits per heavy atom. The van der Waals surface area contributed by atoms with Crippen molar-refractivity contribution in [1.29, 1.82) is 0 Å². The minimum absolute atomic E-state index is 0.102. The van der Waals surface area contributed by atoms with Crippen LogP contribution in [-0.4, -0.2) is 6.71 Å². The lowest BCUT2D eigenvalue weighted by Gasteiger charge is -2.35. The third-order valence-corrected chi connectivity index (χ3v) is 5.52. The van der Waals surface area contributed by atoms with E-state index in [1.807, 2.05) is 0 Å². The first-order chi connectivity index (χ1) is 11.6. The smallest absolute Gasteiger partial charge is 0.214 e. The van der Waals surface area contributed by atoms with E-state index in [0.717, 1.165) is 17.8 Å². The molecule has 1 nitrogen and oxygen atoms in total. The van der Waals surface area contributed by atoms with Gasteiger partial charge in [0, 0.05) is 11.0 Å². The van der Waals surface area contributed by atoms with Crippen molar-refractivity contribution in [3.05, 3.63) is 71.7 Å². The summed E-state index contributed by atoms with van der Waals surface area (Å²) in [5.41, 5.74) is 6.70. The Labute approximate surface area is 144 Å². The van der Waals surface area contributed by atoms with Gasteiger partial charge in [-0.25, -0.2) is 0 Å². The Hall–Kier alpha value is -2.22. The number of hydrogen-bond acceptors (Lipinski definition) is 1. The first-order valence-electron chi connectivity index (χ1n) is 8.84. The topological polar surface area (TPSA) is 13.1 Å². The fraction of sp³-hybridized carbons (Fsp3) is 0.273. The molecule has 3 aromatic rings. The van der Waals surface area contributed by atoms with Gasteiger partial charge in [-0.2, -0.15) is 0 Å². The largest absolute Gasteiger partial charge is 0.465 e. The second-order valence-corrected chi connectivity index (χ2v) is 7.32. The van der Waals surface area contributed by atoms with Crippen LogP contribution < -0.4 is 10.9 Å². The second kappa shape index (κ2) is 5.41. The Kier molecular flexibility index (Phi) is 3.45. The maximum Gasteiger partial charge on any atom is 0.214 e. The summed E-state index contributed by atoms with van der Waals surface area (Å²) >= 11 is 0. The van der Waals surface area contributed by atoms with Gasteiger partial charge in [0.1, 0.15) is 11.5 Å². The Morgan fingerprint density at radius 3 is 2.33 bits per heavy atom. The van der Waals surface area contributed by atoms with Crippen LogP contribution in [0.1, 0.15) is 37.9 Å². The van der Waals surface area contributed by atoms with E-state index >= 15 is 0 Å². The van der Waals surface area contributed by atoms with Crippen LogP contribution in [0.25, 0.3) is 11.1 Å². The highest BCUT2D eigenvalue weighted by atomic mass is 16.3. The van der Waals surface area contributed by atoms with E-state index < -0.39 is 0 Å². The van der Waals surface area contributed by atoms with Gasteiger partial charge >= 0.3 is 0 Å². The third kappa shape index (κ3) is 2.02. The third-order valence-electron chi connectivity index (χ3n) is 5.52. The zero-order valence-corrected chi connectivity index (χ0v) is 14.9. The van der Waals surface area contributed by atoms with E-state index in [0.29, 0.717) is 6.71 Å². The van der Waals surface area contributed by atoms with Crippen LogP contribution in [0.2, 0.25) is 6.32 Å². The summed E-state index contributed by atoms with van der Waals surface area (Å²) < 4.78 is 6.40. The molecule has 2 aromatic carbocycles. The molecule has 1 aliphatic rings. The van der Waals surface area contributed by atoms with Crippen LogP contribution in [0, 0.1) is 6.92 Å². The predicted molar refractivity (Wildman–Crippen MR) is 103 cm³/mol. The van der Waals surface area contributed by atoms with Crippen molar-refractivity contribution in [2.45, 2.75) is 39.4 Å². The summed E-state index contributed by atoms with van der Waals surface area (Å²) in [4.78, 5) is 0. The quantitative estimate of drug-likeness (QED) is 0.634. The van der Waals surface area contributed by atoms with Gasteiger partial charge in [-0.15, -0.1) is 0 Å². The first kappa shape index (κ1) is 15.3. The van der Waals surface area contributed by atoms with Gasteiger partial charge in [-0.1, -0.05) is 73.3 Å². The van der Waals surface area contributed by atoms with Gasteiger partial charge in [0.25, 0.3) is 0 Å². The molecule has 120 valence electrons. The SMILES string of the molecule is CCB1c2ccccc2C(C)(C)c2oc(C)c(-c3ccccc3)c21. The highest BCUT2D eigenvalue weighted by molar-refractivity contribution is 6.87. The maximum atomic E-state index is 6.40. The van der Waals surface area contributed by atoms with E-state index in [4.69, 9.17) is 4.42 Å². The molecule has 24 heavy (non-hydrogen) atoms. The molecule has 0 fully saturated rings. The highest BCUT2D eigenvalue weighted by Crippen LogP contribution is 2.38. The molecule has 0 saturated carbocycles. The summed E-state index contributed by atoms with van der Waals surface area (Å²) in [7, 11) is 0. The molecular formula is C22H23BO. The van der Waals surface area contributed by atoms with Crippen LogP contribution in [-0.2, 0) is 5.41 Å². The Bertz CT molecular complexity index is 890. The molecule has 0 spiro atoms. The predicted octanol–water partition coefficient (Wildman–Crippen LogP) is 4.52. The maximum absolute atomic E-state index is 6.40. The van der Waals surface area contributed by atoms with Gasteiger partial charge in [-0.3, -0.25) is 0 Å². The number of fused-ring (bicyclic) bond motifs is 2. The van der Waals surface area contributed by atoms with Gasteiger partial charge in [0.2, 0.25) is 6.71 Å². The minimum atomic E-state index is -0.102. The number of hydrogen-bond donors (Lipinski definition) is 0. The zero-order chi connectivity index (χ0) is 16.9. The van der Waals surface area contributed by atoms with Crippen molar-refractivity contribution in [1.82, 2.24) is 0 Å². The standard InChI is InChI=1S/C22H23BO/c1-5-23-18-14-10-9-13-17(18)22(3,4)21-20(23)19(15(2)24-21)16-11-7-6-8-12-16/h6-14H,5H2,1-4H3. The van der Waals surface area contributed by atoms with Gasteiger partial charge in [0.15, 0.2) is 0 Å². The molecule has 0 radical (unpaired) electrons. The van der Waals surface area contributed by atoms with Crippen LogP contribution in [0.5, 0.6) is 0 Å². The fourth-order valence-corrected chi connectivity index (χ4v) is 4.39. The molecule has 0 aliphatic carbocycles. The van der Waals surface area contributed by atoms with E-state index in [9.17, 15) is 0 Å². The number of rotatable bonds is 2. The molecule has 0 N–H and O–H groups in total. The van der Waals surface area contributed by atoms with Crippen molar-refractivity contribution in [3.8, 4) is 11.1 Å². The lowest BCUT2D eigenvalue weighted by molar-refractivity contribution is 0.416. The summed E-state index contributed by atoms with van der Waals surface area (Å²) in [6, 6.07) is 19.5. The van der Waals surface area contributed by atoms with Crippen LogP contribution in [0.4, 0.5) is 0 Å². The van der Waals surface area contributed by atoms with Crippen molar-refractivity contribution >= 4 is 17.6 Å². The van der Waals surface area contributed by atoms with Crippen molar-refractivity contribution in [2.75, 3.05) is 0 Å². The Balaban J connectivity index is 2.05.